The number of esters is 1. The fourth-order valence-electron chi connectivity index (χ4n) is 2.72. The fourth-order valence-corrected chi connectivity index (χ4v) is 4.31. The summed E-state index contributed by atoms with van der Waals surface area (Å²) in [5, 5.41) is 2.56. The summed E-state index contributed by atoms with van der Waals surface area (Å²) in [7, 11) is 0. The van der Waals surface area contributed by atoms with Gasteiger partial charge in [0, 0.05) is 18.1 Å². The van der Waals surface area contributed by atoms with Crippen molar-refractivity contribution in [3.63, 3.8) is 0 Å². The molecule has 4 nitrogen and oxygen atoms in total. The van der Waals surface area contributed by atoms with Gasteiger partial charge in [0.15, 0.2) is 5.75 Å². The second-order valence-corrected chi connectivity index (χ2v) is 7.89. The molecule has 1 saturated heterocycles. The molecule has 1 atom stereocenters. The summed E-state index contributed by atoms with van der Waals surface area (Å²) in [6.45, 7) is 0.946. The van der Waals surface area contributed by atoms with E-state index in [1.54, 1.807) is 11.0 Å². The van der Waals surface area contributed by atoms with Crippen LogP contribution in [0.3, 0.4) is 0 Å². The highest BCUT2D eigenvalue weighted by molar-refractivity contribution is 7.12. The van der Waals surface area contributed by atoms with Crippen LogP contribution in [0, 0.1) is 5.92 Å². The van der Waals surface area contributed by atoms with Gasteiger partial charge in [0.1, 0.15) is 0 Å². The van der Waals surface area contributed by atoms with Crippen molar-refractivity contribution in [1.82, 2.24) is 4.90 Å². The number of thiophene rings is 1. The third-order valence-corrected chi connectivity index (χ3v) is 5.58. The first kappa shape index (κ1) is 18.5. The zero-order valence-electron chi connectivity index (χ0n) is 13.0. The van der Waals surface area contributed by atoms with Gasteiger partial charge in [-0.2, -0.15) is 0 Å². The summed E-state index contributed by atoms with van der Waals surface area (Å²) in [6.07, 6.45) is 1.38. The number of carbonyl (C=O) groups excluding carboxylic acids is 2. The number of likely N-dealkylation sites (tertiary alicyclic amines) is 1. The van der Waals surface area contributed by atoms with Gasteiger partial charge in [0.05, 0.1) is 20.8 Å². The zero-order chi connectivity index (χ0) is 18.0. The third kappa shape index (κ3) is 4.29. The Hall–Kier alpha value is -1.27. The van der Waals surface area contributed by atoms with E-state index in [2.05, 4.69) is 0 Å². The molecule has 25 heavy (non-hydrogen) atoms. The Balaban J connectivity index is 1.69. The quantitative estimate of drug-likeness (QED) is 0.510. The number of piperidine rings is 1. The fraction of sp³-hybridized carbons (Fsp3) is 0.294. The molecule has 2 heterocycles. The summed E-state index contributed by atoms with van der Waals surface area (Å²) in [5.74, 6) is -0.829. The Morgan fingerprint density at radius 1 is 1.20 bits per heavy atom. The van der Waals surface area contributed by atoms with Gasteiger partial charge in [-0.3, -0.25) is 9.59 Å². The number of carbonyl (C=O) groups is 2. The highest BCUT2D eigenvalue weighted by Crippen LogP contribution is 2.36. The van der Waals surface area contributed by atoms with Crippen molar-refractivity contribution in [1.29, 1.82) is 0 Å². The maximum atomic E-state index is 12.5. The molecule has 1 aliphatic rings. The lowest BCUT2D eigenvalue weighted by Crippen LogP contribution is -2.43. The van der Waals surface area contributed by atoms with Crippen molar-refractivity contribution < 1.29 is 14.3 Å². The lowest BCUT2D eigenvalue weighted by molar-refractivity contribution is -0.140. The van der Waals surface area contributed by atoms with Crippen molar-refractivity contribution in [2.75, 3.05) is 13.1 Å². The van der Waals surface area contributed by atoms with Gasteiger partial charge < -0.3 is 9.64 Å². The molecular weight excluding hydrogens is 405 g/mol. The molecule has 0 N–H and O–H groups in total. The highest BCUT2D eigenvalue weighted by Gasteiger charge is 2.31. The first-order chi connectivity index (χ1) is 12.0. The van der Waals surface area contributed by atoms with E-state index in [9.17, 15) is 9.59 Å². The molecule has 3 rings (SSSR count). The summed E-state index contributed by atoms with van der Waals surface area (Å²) < 4.78 is 5.39. The smallest absolute Gasteiger partial charge is 0.316 e. The molecule has 0 saturated carbocycles. The summed E-state index contributed by atoms with van der Waals surface area (Å²) in [5.41, 5.74) is 0. The first-order valence-electron chi connectivity index (χ1n) is 7.64. The second kappa shape index (κ2) is 7.96. The molecule has 132 valence electrons. The molecule has 1 aromatic heterocycles. The van der Waals surface area contributed by atoms with Crippen LogP contribution in [0.5, 0.6) is 5.75 Å². The Morgan fingerprint density at radius 3 is 2.56 bits per heavy atom. The maximum Gasteiger partial charge on any atom is 0.316 e. The summed E-state index contributed by atoms with van der Waals surface area (Å²) in [4.78, 5) is 27.3. The highest BCUT2D eigenvalue weighted by atomic mass is 35.5. The normalized spacial score (nSPS) is 17.4. The van der Waals surface area contributed by atoms with Crippen LogP contribution in [0.25, 0.3) is 0 Å². The largest absolute Gasteiger partial charge is 0.423 e. The van der Waals surface area contributed by atoms with E-state index in [0.29, 0.717) is 29.4 Å². The molecular formula is C17H14Cl3NO3S. The SMILES string of the molecule is O=C(Oc1c(Cl)cc(Cl)cc1Cl)C1CCCN(C(=O)c2cccs2)C1. The van der Waals surface area contributed by atoms with Gasteiger partial charge in [-0.05, 0) is 36.4 Å². The standard InChI is InChI=1S/C17H14Cl3NO3S/c18-11-7-12(19)15(13(20)8-11)24-17(23)10-3-1-5-21(9-10)16(22)14-4-2-6-25-14/h2,4,6-8,10H,1,3,5,9H2. The lowest BCUT2D eigenvalue weighted by atomic mass is 9.98. The van der Waals surface area contributed by atoms with Gasteiger partial charge in [0.2, 0.25) is 0 Å². The number of nitrogens with zero attached hydrogens (tertiary/aromatic N) is 1. The van der Waals surface area contributed by atoms with Crippen LogP contribution in [0.2, 0.25) is 15.1 Å². The van der Waals surface area contributed by atoms with Crippen LogP contribution in [0.1, 0.15) is 22.5 Å². The van der Waals surface area contributed by atoms with E-state index in [-0.39, 0.29) is 21.7 Å². The number of hydrogen-bond acceptors (Lipinski definition) is 4. The van der Waals surface area contributed by atoms with Crippen LogP contribution < -0.4 is 4.74 Å². The van der Waals surface area contributed by atoms with Crippen molar-refractivity contribution in [2.24, 2.45) is 5.92 Å². The predicted molar refractivity (Wildman–Crippen MR) is 100 cm³/mol. The van der Waals surface area contributed by atoms with Crippen LogP contribution in [0.4, 0.5) is 0 Å². The van der Waals surface area contributed by atoms with Crippen LogP contribution >= 0.6 is 46.1 Å². The molecule has 1 aliphatic heterocycles. The van der Waals surface area contributed by atoms with Gasteiger partial charge in [-0.1, -0.05) is 40.9 Å². The minimum Gasteiger partial charge on any atom is -0.423 e. The molecule has 0 radical (unpaired) electrons. The van der Waals surface area contributed by atoms with Gasteiger partial charge in [0.25, 0.3) is 5.91 Å². The van der Waals surface area contributed by atoms with Gasteiger partial charge in [-0.15, -0.1) is 11.3 Å². The van der Waals surface area contributed by atoms with Crippen LogP contribution in [-0.2, 0) is 4.79 Å². The van der Waals surface area contributed by atoms with Crippen molar-refractivity contribution in [2.45, 2.75) is 12.8 Å². The monoisotopic (exact) mass is 417 g/mol. The summed E-state index contributed by atoms with van der Waals surface area (Å²) >= 11 is 19.4. The minimum atomic E-state index is -0.449. The number of benzene rings is 1. The lowest BCUT2D eigenvalue weighted by Gasteiger charge is -2.31. The van der Waals surface area contributed by atoms with Crippen LogP contribution in [-0.4, -0.2) is 29.9 Å². The van der Waals surface area contributed by atoms with Crippen molar-refractivity contribution in [3.8, 4) is 5.75 Å². The van der Waals surface area contributed by atoms with Crippen molar-refractivity contribution >= 4 is 58.0 Å². The molecule has 2 aromatic rings. The van der Waals surface area contributed by atoms with Crippen LogP contribution in [0.15, 0.2) is 29.6 Å². The van der Waals surface area contributed by atoms with E-state index in [1.165, 1.54) is 23.5 Å². The topological polar surface area (TPSA) is 46.6 Å². The van der Waals surface area contributed by atoms with Crippen molar-refractivity contribution in [3.05, 3.63) is 49.6 Å². The molecule has 1 unspecified atom stereocenters. The molecule has 1 amide bonds. The van der Waals surface area contributed by atoms with E-state index >= 15 is 0 Å². The second-order valence-electron chi connectivity index (χ2n) is 5.69. The number of halogens is 3. The number of rotatable bonds is 3. The summed E-state index contributed by atoms with van der Waals surface area (Å²) in [6, 6.07) is 6.54. The van der Waals surface area contributed by atoms with E-state index in [4.69, 9.17) is 39.5 Å². The minimum absolute atomic E-state index is 0.0601. The average Bonchev–Trinajstić information content (AvgIpc) is 3.12. The van der Waals surface area contributed by atoms with E-state index in [1.807, 2.05) is 11.4 Å². The Kier molecular flexibility index (Phi) is 5.89. The average molecular weight is 419 g/mol. The maximum absolute atomic E-state index is 12.5. The zero-order valence-corrected chi connectivity index (χ0v) is 16.1. The molecule has 1 aromatic carbocycles. The Labute approximate surface area is 164 Å². The molecule has 1 fully saturated rings. The molecule has 0 aliphatic carbocycles. The van der Waals surface area contributed by atoms with Gasteiger partial charge in [-0.25, -0.2) is 0 Å². The van der Waals surface area contributed by atoms with Gasteiger partial charge >= 0.3 is 5.97 Å². The predicted octanol–water partition coefficient (Wildman–Crippen LogP) is 5.17. The number of ether oxygens (including phenoxy) is 1. The number of amides is 1. The Bertz CT molecular complexity index is 771. The van der Waals surface area contributed by atoms with E-state index in [0.717, 1.165) is 6.42 Å². The Morgan fingerprint density at radius 2 is 1.92 bits per heavy atom. The number of hydrogen-bond donors (Lipinski definition) is 0. The third-order valence-electron chi connectivity index (χ3n) is 3.94. The molecule has 8 heteroatoms. The molecule has 0 bridgehead atoms. The first-order valence-corrected chi connectivity index (χ1v) is 9.66. The molecule has 0 spiro atoms. The van der Waals surface area contributed by atoms with E-state index < -0.39 is 11.9 Å².